The molecule has 0 amide bonds. The number of ether oxygens (including phenoxy) is 1. The van der Waals surface area contributed by atoms with Gasteiger partial charge in [-0.25, -0.2) is 0 Å². The molecule has 0 radical (unpaired) electrons. The van der Waals surface area contributed by atoms with E-state index in [-0.39, 0.29) is 29.8 Å². The summed E-state index contributed by atoms with van der Waals surface area (Å²) in [6.45, 7) is 14.1. The predicted molar refractivity (Wildman–Crippen MR) is 101 cm³/mol. The van der Waals surface area contributed by atoms with Crippen molar-refractivity contribution >= 4 is 11.8 Å². The van der Waals surface area contributed by atoms with Gasteiger partial charge in [-0.05, 0) is 50.4 Å². The van der Waals surface area contributed by atoms with E-state index in [4.69, 9.17) is 4.74 Å². The average molecular weight is 347 g/mol. The first kappa shape index (κ1) is 19.9. The molecule has 0 saturated heterocycles. The summed E-state index contributed by atoms with van der Waals surface area (Å²) in [5, 5.41) is 0. The Labute approximate surface area is 152 Å². The molecular formula is C22H34O3. The molecule has 2 rings (SSSR count). The quantitative estimate of drug-likeness (QED) is 0.496. The number of Topliss-reactive ketones (excluding diaryl/α,β-unsaturated/α-hetero) is 1. The van der Waals surface area contributed by atoms with E-state index >= 15 is 0 Å². The van der Waals surface area contributed by atoms with Crippen LogP contribution in [0.15, 0.2) is 23.8 Å². The van der Waals surface area contributed by atoms with Crippen molar-refractivity contribution in [2.24, 2.45) is 29.6 Å². The predicted octanol–water partition coefficient (Wildman–Crippen LogP) is 5.11. The molecule has 1 saturated carbocycles. The normalized spacial score (nSPS) is 30.5. The van der Waals surface area contributed by atoms with E-state index in [1.54, 1.807) is 0 Å². The molecular weight excluding hydrogens is 312 g/mol. The molecule has 1 fully saturated rings. The summed E-state index contributed by atoms with van der Waals surface area (Å²) in [5.74, 6) is 1.51. The minimum absolute atomic E-state index is 0.0924. The fourth-order valence-electron chi connectivity index (χ4n) is 4.62. The van der Waals surface area contributed by atoms with Crippen LogP contribution >= 0.6 is 0 Å². The summed E-state index contributed by atoms with van der Waals surface area (Å²) in [7, 11) is 0. The van der Waals surface area contributed by atoms with Crippen LogP contribution in [-0.2, 0) is 14.3 Å². The Morgan fingerprint density at radius 3 is 2.60 bits per heavy atom. The first-order valence-corrected chi connectivity index (χ1v) is 9.76. The van der Waals surface area contributed by atoms with Gasteiger partial charge in [0, 0.05) is 25.2 Å². The zero-order valence-electron chi connectivity index (χ0n) is 16.5. The second-order valence-electron chi connectivity index (χ2n) is 8.39. The van der Waals surface area contributed by atoms with E-state index in [0.717, 1.165) is 25.7 Å². The number of fused-ring (bicyclic) bond motifs is 1. The summed E-state index contributed by atoms with van der Waals surface area (Å²) < 4.78 is 5.89. The average Bonchev–Trinajstić information content (AvgIpc) is 2.85. The molecule has 3 heteroatoms. The summed E-state index contributed by atoms with van der Waals surface area (Å²) in [5.41, 5.74) is 2.62. The zero-order valence-corrected chi connectivity index (χ0v) is 16.5. The molecule has 2 aliphatic carbocycles. The highest BCUT2D eigenvalue weighted by Gasteiger charge is 2.44. The number of hydrogen-bond donors (Lipinski definition) is 0. The number of rotatable bonds is 6. The van der Waals surface area contributed by atoms with Crippen LogP contribution in [0.5, 0.6) is 0 Å². The van der Waals surface area contributed by atoms with Crippen LogP contribution in [0.3, 0.4) is 0 Å². The fourth-order valence-corrected chi connectivity index (χ4v) is 4.62. The molecule has 0 N–H and O–H groups in total. The number of carbonyl (C=O) groups excluding carboxylic acids is 2. The van der Waals surface area contributed by atoms with Gasteiger partial charge in [-0.15, -0.1) is 0 Å². The van der Waals surface area contributed by atoms with Crippen molar-refractivity contribution < 1.29 is 14.3 Å². The van der Waals surface area contributed by atoms with Crippen LogP contribution in [0.25, 0.3) is 0 Å². The molecule has 0 spiro atoms. The SMILES string of the molecule is C=C1CCC(C(C)CCC(=O)C(C)C)C(OC(C)=O)C2C(C)=CCC12. The van der Waals surface area contributed by atoms with Gasteiger partial charge in [-0.3, -0.25) is 9.59 Å². The maximum atomic E-state index is 12.0. The van der Waals surface area contributed by atoms with E-state index in [2.05, 4.69) is 26.5 Å². The van der Waals surface area contributed by atoms with Gasteiger partial charge in [-0.2, -0.15) is 0 Å². The maximum absolute atomic E-state index is 12.0. The number of hydrogen-bond acceptors (Lipinski definition) is 3. The lowest BCUT2D eigenvalue weighted by Gasteiger charge is -2.35. The fraction of sp³-hybridized carbons (Fsp3) is 0.727. The van der Waals surface area contributed by atoms with Crippen LogP contribution in [0.1, 0.15) is 66.7 Å². The third kappa shape index (κ3) is 4.62. The van der Waals surface area contributed by atoms with Crippen molar-refractivity contribution in [1.82, 2.24) is 0 Å². The third-order valence-electron chi connectivity index (χ3n) is 6.28. The highest BCUT2D eigenvalue weighted by Crippen LogP contribution is 2.48. The van der Waals surface area contributed by atoms with Crippen molar-refractivity contribution in [2.45, 2.75) is 72.8 Å². The van der Waals surface area contributed by atoms with Crippen LogP contribution in [0.4, 0.5) is 0 Å². The summed E-state index contributed by atoms with van der Waals surface area (Å²) >= 11 is 0. The van der Waals surface area contributed by atoms with Gasteiger partial charge in [0.25, 0.3) is 0 Å². The van der Waals surface area contributed by atoms with Gasteiger partial charge in [-0.1, -0.05) is 44.6 Å². The Kier molecular flexibility index (Phi) is 6.65. The van der Waals surface area contributed by atoms with E-state index in [0.29, 0.717) is 24.0 Å². The van der Waals surface area contributed by atoms with Crippen LogP contribution in [0.2, 0.25) is 0 Å². The molecule has 0 aromatic carbocycles. The third-order valence-corrected chi connectivity index (χ3v) is 6.28. The highest BCUT2D eigenvalue weighted by molar-refractivity contribution is 5.80. The van der Waals surface area contributed by atoms with E-state index in [9.17, 15) is 9.59 Å². The van der Waals surface area contributed by atoms with Crippen molar-refractivity contribution in [3.8, 4) is 0 Å². The van der Waals surface area contributed by atoms with Gasteiger partial charge < -0.3 is 4.74 Å². The van der Waals surface area contributed by atoms with Crippen LogP contribution < -0.4 is 0 Å². The van der Waals surface area contributed by atoms with Crippen LogP contribution in [-0.4, -0.2) is 17.9 Å². The van der Waals surface area contributed by atoms with E-state index < -0.39 is 0 Å². The van der Waals surface area contributed by atoms with Crippen molar-refractivity contribution in [3.05, 3.63) is 23.8 Å². The molecule has 5 atom stereocenters. The second-order valence-corrected chi connectivity index (χ2v) is 8.39. The molecule has 0 heterocycles. The zero-order chi connectivity index (χ0) is 18.7. The molecule has 0 bridgehead atoms. The smallest absolute Gasteiger partial charge is 0.302 e. The van der Waals surface area contributed by atoms with Gasteiger partial charge in [0.2, 0.25) is 0 Å². The molecule has 0 aliphatic heterocycles. The lowest BCUT2D eigenvalue weighted by molar-refractivity contribution is -0.153. The second kappa shape index (κ2) is 8.33. The maximum Gasteiger partial charge on any atom is 0.302 e. The van der Waals surface area contributed by atoms with Crippen molar-refractivity contribution in [2.75, 3.05) is 0 Å². The van der Waals surface area contributed by atoms with Gasteiger partial charge in [0.1, 0.15) is 11.9 Å². The molecule has 25 heavy (non-hydrogen) atoms. The van der Waals surface area contributed by atoms with Gasteiger partial charge in [0.15, 0.2) is 0 Å². The summed E-state index contributed by atoms with van der Waals surface area (Å²) in [6, 6.07) is 0. The first-order chi connectivity index (χ1) is 11.7. The number of esters is 1. The Morgan fingerprint density at radius 1 is 1.32 bits per heavy atom. The minimum Gasteiger partial charge on any atom is -0.462 e. The summed E-state index contributed by atoms with van der Waals surface area (Å²) in [6.07, 6.45) is 6.68. The van der Waals surface area contributed by atoms with Crippen molar-refractivity contribution in [3.63, 3.8) is 0 Å². The molecule has 0 aromatic heterocycles. The lowest BCUT2D eigenvalue weighted by atomic mass is 9.75. The number of carbonyl (C=O) groups is 2. The van der Waals surface area contributed by atoms with Gasteiger partial charge >= 0.3 is 5.97 Å². The standard InChI is InChI=1S/C22H34O3/c1-13(2)20(24)12-9-15(4)19-11-7-14(3)18-10-8-16(5)21(18)22(19)25-17(6)23/h8,13,15,18-19,21-22H,3,7,9-12H2,1-2,4-6H3. The monoisotopic (exact) mass is 346 g/mol. The van der Waals surface area contributed by atoms with Gasteiger partial charge in [0.05, 0.1) is 0 Å². The number of ketones is 1. The molecule has 5 unspecified atom stereocenters. The van der Waals surface area contributed by atoms with Crippen molar-refractivity contribution in [1.29, 1.82) is 0 Å². The summed E-state index contributed by atoms with van der Waals surface area (Å²) in [4.78, 5) is 23.8. The Bertz CT molecular complexity index is 558. The Balaban J connectivity index is 2.20. The molecule has 3 nitrogen and oxygen atoms in total. The van der Waals surface area contributed by atoms with E-state index in [1.807, 2.05) is 13.8 Å². The Morgan fingerprint density at radius 2 is 2.00 bits per heavy atom. The molecule has 2 aliphatic rings. The topological polar surface area (TPSA) is 43.4 Å². The number of allylic oxidation sites excluding steroid dienone is 2. The lowest BCUT2D eigenvalue weighted by Crippen LogP contribution is -2.38. The van der Waals surface area contributed by atoms with E-state index in [1.165, 1.54) is 18.1 Å². The minimum atomic E-state index is -0.202. The highest BCUT2D eigenvalue weighted by atomic mass is 16.5. The largest absolute Gasteiger partial charge is 0.462 e. The van der Waals surface area contributed by atoms with Crippen LogP contribution in [0, 0.1) is 29.6 Å². The first-order valence-electron chi connectivity index (χ1n) is 9.76. The Hall–Kier alpha value is -1.38. The molecule has 0 aromatic rings. The molecule has 140 valence electrons.